The first kappa shape index (κ1) is 13.9. The lowest BCUT2D eigenvalue weighted by molar-refractivity contribution is -0.143. The maximum Gasteiger partial charge on any atom is 0.325 e. The number of hydrogen-bond acceptors (Lipinski definition) is 5. The fraction of sp³-hybridized carbons (Fsp3) is 0.818. The third-order valence-corrected chi connectivity index (χ3v) is 3.08. The lowest BCUT2D eigenvalue weighted by Gasteiger charge is -2.39. The van der Waals surface area contributed by atoms with Gasteiger partial charge in [0.25, 0.3) is 0 Å². The molecule has 0 radical (unpaired) electrons. The average molecular weight is 243 g/mol. The zero-order valence-electron chi connectivity index (χ0n) is 10.7. The number of piperazine rings is 1. The Morgan fingerprint density at radius 2 is 1.94 bits per heavy atom. The molecule has 6 heteroatoms. The Bertz CT molecular complexity index is 286. The molecule has 0 bridgehead atoms. The first-order chi connectivity index (χ1) is 7.98. The van der Waals surface area contributed by atoms with Gasteiger partial charge in [-0.1, -0.05) is 0 Å². The van der Waals surface area contributed by atoms with Gasteiger partial charge in [-0.3, -0.25) is 14.5 Å². The van der Waals surface area contributed by atoms with E-state index in [0.29, 0.717) is 0 Å². The van der Waals surface area contributed by atoms with E-state index in [1.54, 1.807) is 0 Å². The molecule has 0 aromatic heterocycles. The van der Waals surface area contributed by atoms with Crippen LogP contribution in [0.4, 0.5) is 0 Å². The Labute approximate surface area is 102 Å². The molecule has 1 rings (SSSR count). The molecule has 98 valence electrons. The highest BCUT2D eigenvalue weighted by atomic mass is 16.5. The Hall–Kier alpha value is -1.14. The zero-order chi connectivity index (χ0) is 12.9. The lowest BCUT2D eigenvalue weighted by atomic mass is 10.0. The number of amides is 1. The molecule has 1 aliphatic rings. The van der Waals surface area contributed by atoms with Crippen LogP contribution in [0.1, 0.15) is 13.8 Å². The van der Waals surface area contributed by atoms with Gasteiger partial charge in [-0.2, -0.15) is 0 Å². The van der Waals surface area contributed by atoms with E-state index >= 15 is 0 Å². The summed E-state index contributed by atoms with van der Waals surface area (Å²) in [5.41, 5.74) is -0.601. The van der Waals surface area contributed by atoms with Crippen LogP contribution in [0.15, 0.2) is 0 Å². The molecule has 1 aliphatic heterocycles. The molecule has 1 saturated heterocycles. The molecule has 0 aromatic carbocycles. The Balaban J connectivity index is 2.49. The maximum atomic E-state index is 12.0. The van der Waals surface area contributed by atoms with E-state index in [4.69, 9.17) is 0 Å². The molecule has 0 atom stereocenters. The number of carbonyl (C=O) groups excluding carboxylic acids is 2. The van der Waals surface area contributed by atoms with Crippen molar-refractivity contribution >= 4 is 11.9 Å². The van der Waals surface area contributed by atoms with Crippen molar-refractivity contribution in [2.75, 3.05) is 39.8 Å². The smallest absolute Gasteiger partial charge is 0.325 e. The summed E-state index contributed by atoms with van der Waals surface area (Å²) in [6.07, 6.45) is 0. The summed E-state index contributed by atoms with van der Waals surface area (Å²) in [6.45, 7) is 7.08. The number of ether oxygens (including phenoxy) is 1. The lowest BCUT2D eigenvalue weighted by Crippen LogP contribution is -2.60. The SMILES string of the molecule is COC(=O)CNC(=O)C(C)(C)N1CCNCC1. The van der Waals surface area contributed by atoms with E-state index in [1.165, 1.54) is 7.11 Å². The van der Waals surface area contributed by atoms with Crippen LogP contribution in [0.25, 0.3) is 0 Å². The van der Waals surface area contributed by atoms with Gasteiger partial charge in [-0.15, -0.1) is 0 Å². The molecule has 1 heterocycles. The highest BCUT2D eigenvalue weighted by Crippen LogP contribution is 2.14. The van der Waals surface area contributed by atoms with Gasteiger partial charge in [0.05, 0.1) is 12.6 Å². The number of nitrogens with one attached hydrogen (secondary N) is 2. The van der Waals surface area contributed by atoms with Crippen LogP contribution in [0.5, 0.6) is 0 Å². The van der Waals surface area contributed by atoms with Crippen LogP contribution >= 0.6 is 0 Å². The van der Waals surface area contributed by atoms with Crippen molar-refractivity contribution in [2.45, 2.75) is 19.4 Å². The quantitative estimate of drug-likeness (QED) is 0.617. The molecule has 0 unspecified atom stereocenters. The number of carbonyl (C=O) groups is 2. The Kier molecular flexibility index (Phi) is 4.89. The summed E-state index contributed by atoms with van der Waals surface area (Å²) in [7, 11) is 1.30. The molecular weight excluding hydrogens is 222 g/mol. The number of hydrogen-bond donors (Lipinski definition) is 2. The van der Waals surface area contributed by atoms with Crippen LogP contribution in [-0.2, 0) is 14.3 Å². The molecule has 17 heavy (non-hydrogen) atoms. The largest absolute Gasteiger partial charge is 0.468 e. The van der Waals surface area contributed by atoms with E-state index in [9.17, 15) is 9.59 Å². The van der Waals surface area contributed by atoms with Crippen molar-refractivity contribution in [1.82, 2.24) is 15.5 Å². The second-order valence-electron chi connectivity index (χ2n) is 4.55. The first-order valence-electron chi connectivity index (χ1n) is 5.79. The zero-order valence-corrected chi connectivity index (χ0v) is 10.7. The minimum Gasteiger partial charge on any atom is -0.468 e. The molecule has 1 amide bonds. The fourth-order valence-corrected chi connectivity index (χ4v) is 1.81. The first-order valence-corrected chi connectivity index (χ1v) is 5.79. The highest BCUT2D eigenvalue weighted by Gasteiger charge is 2.35. The summed E-state index contributed by atoms with van der Waals surface area (Å²) in [4.78, 5) is 25.1. The normalized spacial score (nSPS) is 17.6. The number of esters is 1. The minimum atomic E-state index is -0.601. The van der Waals surface area contributed by atoms with Gasteiger partial charge in [0, 0.05) is 26.2 Å². The molecule has 0 spiro atoms. The van der Waals surface area contributed by atoms with Crippen molar-refractivity contribution in [1.29, 1.82) is 0 Å². The van der Waals surface area contributed by atoms with Crippen LogP contribution in [0.3, 0.4) is 0 Å². The van der Waals surface area contributed by atoms with Crippen LogP contribution in [0, 0.1) is 0 Å². The predicted octanol–water partition coefficient (Wildman–Crippen LogP) is -1.04. The summed E-state index contributed by atoms with van der Waals surface area (Å²) >= 11 is 0. The molecular formula is C11H21N3O3. The average Bonchev–Trinajstić information content (AvgIpc) is 2.36. The van der Waals surface area contributed by atoms with Gasteiger partial charge < -0.3 is 15.4 Å². The monoisotopic (exact) mass is 243 g/mol. The second-order valence-corrected chi connectivity index (χ2v) is 4.55. The van der Waals surface area contributed by atoms with Gasteiger partial charge in [-0.05, 0) is 13.8 Å². The third-order valence-electron chi connectivity index (χ3n) is 3.08. The van der Waals surface area contributed by atoms with Gasteiger partial charge in [-0.25, -0.2) is 0 Å². The molecule has 2 N–H and O–H groups in total. The molecule has 6 nitrogen and oxygen atoms in total. The number of methoxy groups -OCH3 is 1. The van der Waals surface area contributed by atoms with Crippen molar-refractivity contribution in [3.8, 4) is 0 Å². The highest BCUT2D eigenvalue weighted by molar-refractivity contribution is 5.88. The van der Waals surface area contributed by atoms with Crippen LogP contribution in [-0.4, -0.2) is 62.1 Å². The summed E-state index contributed by atoms with van der Waals surface area (Å²) in [6, 6.07) is 0. The van der Waals surface area contributed by atoms with E-state index in [1.807, 2.05) is 13.8 Å². The summed E-state index contributed by atoms with van der Waals surface area (Å²) in [5.74, 6) is -0.584. The van der Waals surface area contributed by atoms with Gasteiger partial charge >= 0.3 is 5.97 Å². The standard InChI is InChI=1S/C11H21N3O3/c1-11(2,14-6-4-12-5-7-14)10(16)13-8-9(15)17-3/h12H,4-8H2,1-3H3,(H,13,16). The van der Waals surface area contributed by atoms with E-state index in [2.05, 4.69) is 20.3 Å². The van der Waals surface area contributed by atoms with Gasteiger partial charge in [0.2, 0.25) is 5.91 Å². The predicted molar refractivity (Wildman–Crippen MR) is 63.5 cm³/mol. The molecule has 0 aliphatic carbocycles. The van der Waals surface area contributed by atoms with Crippen LogP contribution < -0.4 is 10.6 Å². The molecule has 0 saturated carbocycles. The Morgan fingerprint density at radius 3 is 2.47 bits per heavy atom. The third kappa shape index (κ3) is 3.67. The number of nitrogens with zero attached hydrogens (tertiary/aromatic N) is 1. The van der Waals surface area contributed by atoms with Crippen molar-refractivity contribution < 1.29 is 14.3 Å². The van der Waals surface area contributed by atoms with Crippen molar-refractivity contribution in [2.24, 2.45) is 0 Å². The maximum absolute atomic E-state index is 12.0. The van der Waals surface area contributed by atoms with Crippen molar-refractivity contribution in [3.05, 3.63) is 0 Å². The van der Waals surface area contributed by atoms with Crippen molar-refractivity contribution in [3.63, 3.8) is 0 Å². The number of rotatable bonds is 4. The second kappa shape index (κ2) is 5.97. The summed E-state index contributed by atoms with van der Waals surface area (Å²) < 4.78 is 4.48. The Morgan fingerprint density at radius 1 is 1.35 bits per heavy atom. The van der Waals surface area contributed by atoms with Gasteiger partial charge in [0.15, 0.2) is 0 Å². The molecule has 0 aromatic rings. The fourth-order valence-electron chi connectivity index (χ4n) is 1.81. The van der Waals surface area contributed by atoms with Gasteiger partial charge in [0.1, 0.15) is 6.54 Å². The van der Waals surface area contributed by atoms with E-state index in [-0.39, 0.29) is 12.5 Å². The van der Waals surface area contributed by atoms with E-state index < -0.39 is 11.5 Å². The minimum absolute atomic E-state index is 0.0785. The van der Waals surface area contributed by atoms with Crippen LogP contribution in [0.2, 0.25) is 0 Å². The topological polar surface area (TPSA) is 70.7 Å². The molecule has 1 fully saturated rings. The van der Waals surface area contributed by atoms with E-state index in [0.717, 1.165) is 26.2 Å². The summed E-state index contributed by atoms with van der Waals surface area (Å²) in [5, 5.41) is 5.83.